The molecule has 2 rings (SSSR count). The van der Waals surface area contributed by atoms with Gasteiger partial charge in [-0.15, -0.1) is 0 Å². The molecule has 1 N–H and O–H groups in total. The second kappa shape index (κ2) is 8.21. The number of hydrogen-bond acceptors (Lipinski definition) is 6. The van der Waals surface area contributed by atoms with Crippen LogP contribution < -0.4 is 5.32 Å². The molecule has 24 heavy (non-hydrogen) atoms. The molecule has 7 nitrogen and oxygen atoms in total. The molecule has 0 radical (unpaired) electrons. The Hall–Kier alpha value is -1.99. The lowest BCUT2D eigenvalue weighted by Crippen LogP contribution is -2.24. The summed E-state index contributed by atoms with van der Waals surface area (Å²) >= 11 is 0. The molecule has 0 aliphatic carbocycles. The van der Waals surface area contributed by atoms with Crippen LogP contribution in [0.15, 0.2) is 18.3 Å². The molecule has 0 bridgehead atoms. The summed E-state index contributed by atoms with van der Waals surface area (Å²) in [7, 11) is 0. The number of esters is 1. The van der Waals surface area contributed by atoms with Gasteiger partial charge in [0.1, 0.15) is 18.0 Å². The van der Waals surface area contributed by atoms with Gasteiger partial charge in [0.15, 0.2) is 0 Å². The number of amides is 1. The number of pyridine rings is 1. The Balaban J connectivity index is 1.76. The molecular weight excluding hydrogens is 312 g/mol. The van der Waals surface area contributed by atoms with Crippen molar-refractivity contribution < 1.29 is 23.8 Å². The van der Waals surface area contributed by atoms with E-state index in [0.29, 0.717) is 18.0 Å². The molecule has 0 spiro atoms. The minimum Gasteiger partial charge on any atom is -0.456 e. The van der Waals surface area contributed by atoms with Crippen molar-refractivity contribution >= 4 is 17.7 Å². The lowest BCUT2D eigenvalue weighted by molar-refractivity contribution is -0.121. The fourth-order valence-electron chi connectivity index (χ4n) is 2.16. The molecule has 0 saturated carbocycles. The number of nitrogens with zero attached hydrogens (tertiary/aromatic N) is 1. The van der Waals surface area contributed by atoms with Crippen LogP contribution in [0.5, 0.6) is 0 Å². The Bertz CT molecular complexity index is 559. The normalized spacial score (nSPS) is 17.5. The topological polar surface area (TPSA) is 86.8 Å². The van der Waals surface area contributed by atoms with Gasteiger partial charge < -0.3 is 19.5 Å². The first-order valence-electron chi connectivity index (χ1n) is 8.02. The van der Waals surface area contributed by atoms with Crippen LogP contribution in [0.4, 0.5) is 5.82 Å². The summed E-state index contributed by atoms with van der Waals surface area (Å²) in [5.41, 5.74) is -0.234. The van der Waals surface area contributed by atoms with Gasteiger partial charge in [-0.05, 0) is 45.7 Å². The standard InChI is InChI=1S/C17H24N2O5/c1-17(2,3)24-16(21)12-6-7-14(18-9-12)19-15(20)11-22-10-13-5-4-8-23-13/h6-7,9,13H,4-5,8,10-11H2,1-3H3,(H,18,19,20). The molecule has 1 unspecified atom stereocenters. The smallest absolute Gasteiger partial charge is 0.340 e. The summed E-state index contributed by atoms with van der Waals surface area (Å²) in [4.78, 5) is 27.7. The highest BCUT2D eigenvalue weighted by Gasteiger charge is 2.18. The molecular formula is C17H24N2O5. The Kier molecular flexibility index (Phi) is 6.28. The third kappa shape index (κ3) is 6.25. The van der Waals surface area contributed by atoms with Crippen molar-refractivity contribution in [2.75, 3.05) is 25.1 Å². The van der Waals surface area contributed by atoms with Gasteiger partial charge in [0.05, 0.1) is 18.3 Å². The minimum absolute atomic E-state index is 0.0602. The van der Waals surface area contributed by atoms with Crippen LogP contribution in [0.3, 0.4) is 0 Å². The number of aromatic nitrogens is 1. The summed E-state index contributed by atoms with van der Waals surface area (Å²) in [6, 6.07) is 3.11. The van der Waals surface area contributed by atoms with Crippen molar-refractivity contribution in [1.82, 2.24) is 4.98 Å². The zero-order valence-electron chi connectivity index (χ0n) is 14.3. The number of hydrogen-bond donors (Lipinski definition) is 1. The zero-order valence-corrected chi connectivity index (χ0v) is 14.3. The van der Waals surface area contributed by atoms with Crippen LogP contribution in [-0.2, 0) is 19.0 Å². The molecule has 1 aromatic rings. The summed E-state index contributed by atoms with van der Waals surface area (Å²) in [5, 5.41) is 2.61. The van der Waals surface area contributed by atoms with Crippen molar-refractivity contribution in [3.8, 4) is 0 Å². The van der Waals surface area contributed by atoms with E-state index in [1.807, 2.05) is 0 Å². The van der Waals surface area contributed by atoms with Gasteiger partial charge in [0, 0.05) is 12.8 Å². The summed E-state index contributed by atoms with van der Waals surface area (Å²) in [6.45, 7) is 6.50. The number of rotatable bonds is 6. The first-order chi connectivity index (χ1) is 11.3. The molecule has 1 atom stereocenters. The monoisotopic (exact) mass is 336 g/mol. The van der Waals surface area contributed by atoms with Crippen molar-refractivity contribution in [3.63, 3.8) is 0 Å². The van der Waals surface area contributed by atoms with E-state index in [2.05, 4.69) is 10.3 Å². The lowest BCUT2D eigenvalue weighted by atomic mass is 10.2. The maximum atomic E-state index is 11.9. The minimum atomic E-state index is -0.565. The first kappa shape index (κ1) is 18.4. The van der Waals surface area contributed by atoms with Crippen molar-refractivity contribution in [2.45, 2.75) is 45.3 Å². The van der Waals surface area contributed by atoms with Gasteiger partial charge in [-0.1, -0.05) is 0 Å². The van der Waals surface area contributed by atoms with E-state index < -0.39 is 11.6 Å². The zero-order chi connectivity index (χ0) is 17.6. The van der Waals surface area contributed by atoms with E-state index in [0.717, 1.165) is 19.4 Å². The molecule has 1 amide bonds. The Morgan fingerprint density at radius 3 is 2.75 bits per heavy atom. The average Bonchev–Trinajstić information content (AvgIpc) is 2.99. The number of anilines is 1. The molecule has 1 aliphatic heterocycles. The summed E-state index contributed by atoms with van der Waals surface area (Å²) < 4.78 is 16.0. The second-order valence-electron chi connectivity index (χ2n) is 6.63. The van der Waals surface area contributed by atoms with E-state index in [-0.39, 0.29) is 18.6 Å². The van der Waals surface area contributed by atoms with E-state index in [1.54, 1.807) is 32.9 Å². The van der Waals surface area contributed by atoms with Crippen LogP contribution in [-0.4, -0.2) is 48.4 Å². The fourth-order valence-corrected chi connectivity index (χ4v) is 2.16. The van der Waals surface area contributed by atoms with Crippen LogP contribution in [0.2, 0.25) is 0 Å². The third-order valence-electron chi connectivity index (χ3n) is 3.23. The first-order valence-corrected chi connectivity index (χ1v) is 8.02. The maximum absolute atomic E-state index is 11.9. The largest absolute Gasteiger partial charge is 0.456 e. The highest BCUT2D eigenvalue weighted by Crippen LogP contribution is 2.13. The molecule has 7 heteroatoms. The summed E-state index contributed by atoms with van der Waals surface area (Å²) in [6.07, 6.45) is 3.46. The number of nitrogens with one attached hydrogen (secondary N) is 1. The van der Waals surface area contributed by atoms with E-state index in [1.165, 1.54) is 6.20 Å². The maximum Gasteiger partial charge on any atom is 0.340 e. The molecule has 1 aliphatic rings. The predicted octanol–water partition coefficient (Wildman–Crippen LogP) is 2.17. The molecule has 1 aromatic heterocycles. The van der Waals surface area contributed by atoms with E-state index >= 15 is 0 Å². The lowest BCUT2D eigenvalue weighted by Gasteiger charge is -2.19. The van der Waals surface area contributed by atoms with Gasteiger partial charge in [-0.25, -0.2) is 9.78 Å². The fraction of sp³-hybridized carbons (Fsp3) is 0.588. The van der Waals surface area contributed by atoms with Gasteiger partial charge in [-0.2, -0.15) is 0 Å². The van der Waals surface area contributed by atoms with Gasteiger partial charge >= 0.3 is 5.97 Å². The Labute approximate surface area is 141 Å². The SMILES string of the molecule is CC(C)(C)OC(=O)c1ccc(NC(=O)COCC2CCCO2)nc1. The van der Waals surface area contributed by atoms with Crippen molar-refractivity contribution in [3.05, 3.63) is 23.9 Å². The average molecular weight is 336 g/mol. The molecule has 132 valence electrons. The van der Waals surface area contributed by atoms with Crippen LogP contribution in [0, 0.1) is 0 Å². The van der Waals surface area contributed by atoms with Gasteiger partial charge in [-0.3, -0.25) is 4.79 Å². The summed E-state index contributed by atoms with van der Waals surface area (Å²) in [5.74, 6) is -0.397. The highest BCUT2D eigenvalue weighted by molar-refractivity contribution is 5.92. The van der Waals surface area contributed by atoms with E-state index in [4.69, 9.17) is 14.2 Å². The van der Waals surface area contributed by atoms with Crippen LogP contribution >= 0.6 is 0 Å². The number of carbonyl (C=O) groups is 2. The van der Waals surface area contributed by atoms with Gasteiger partial charge in [0.2, 0.25) is 0 Å². The number of ether oxygens (including phenoxy) is 3. The quantitative estimate of drug-likeness (QED) is 0.801. The Morgan fingerprint density at radius 1 is 1.38 bits per heavy atom. The Morgan fingerprint density at radius 2 is 2.17 bits per heavy atom. The molecule has 2 heterocycles. The van der Waals surface area contributed by atoms with Crippen LogP contribution in [0.25, 0.3) is 0 Å². The van der Waals surface area contributed by atoms with Crippen molar-refractivity contribution in [2.24, 2.45) is 0 Å². The predicted molar refractivity (Wildman–Crippen MR) is 87.8 cm³/mol. The highest BCUT2D eigenvalue weighted by atomic mass is 16.6. The van der Waals surface area contributed by atoms with Crippen molar-refractivity contribution in [1.29, 1.82) is 0 Å². The van der Waals surface area contributed by atoms with Gasteiger partial charge in [0.25, 0.3) is 5.91 Å². The molecule has 1 fully saturated rings. The molecule has 0 aromatic carbocycles. The second-order valence-corrected chi connectivity index (χ2v) is 6.63. The molecule has 1 saturated heterocycles. The number of carbonyl (C=O) groups excluding carboxylic acids is 2. The van der Waals surface area contributed by atoms with Crippen LogP contribution in [0.1, 0.15) is 44.0 Å². The third-order valence-corrected chi connectivity index (χ3v) is 3.23. The van der Waals surface area contributed by atoms with E-state index in [9.17, 15) is 9.59 Å².